The Labute approximate surface area is 242 Å². The van der Waals surface area contributed by atoms with Gasteiger partial charge in [-0.15, -0.1) is 0 Å². The molecule has 3 aromatic rings. The molecule has 170 valence electrons. The summed E-state index contributed by atoms with van der Waals surface area (Å²) >= 11 is 0. The van der Waals surface area contributed by atoms with Gasteiger partial charge in [-0.05, 0) is 56.0 Å². The molecule has 0 spiro atoms. The van der Waals surface area contributed by atoms with Crippen LogP contribution in [0.15, 0.2) is 54.7 Å². The van der Waals surface area contributed by atoms with Crippen molar-refractivity contribution >= 4 is 35.1 Å². The van der Waals surface area contributed by atoms with Crippen LogP contribution in [0.2, 0.25) is 0 Å². The molecule has 0 radical (unpaired) electrons. The average molecular weight is 482 g/mol. The van der Waals surface area contributed by atoms with Gasteiger partial charge in [0.2, 0.25) is 6.41 Å². The van der Waals surface area contributed by atoms with E-state index in [1.165, 1.54) is 0 Å². The van der Waals surface area contributed by atoms with Gasteiger partial charge >= 0.3 is 51.4 Å². The maximum Gasteiger partial charge on any atom is 1.00 e. The van der Waals surface area contributed by atoms with E-state index >= 15 is 0 Å². The minimum atomic E-state index is -0.0467. The van der Waals surface area contributed by atoms with Crippen LogP contribution >= 0.6 is 0 Å². The summed E-state index contributed by atoms with van der Waals surface area (Å²) in [6, 6.07) is 16.5. The van der Waals surface area contributed by atoms with Gasteiger partial charge in [-0.1, -0.05) is 30.3 Å². The molecule has 3 N–H and O–H groups in total. The maximum atomic E-state index is 11.9. The van der Waals surface area contributed by atoms with Crippen LogP contribution < -0.4 is 66.5 Å². The average Bonchev–Trinajstić information content (AvgIpc) is 3.29. The number of carbonyl (C=O) groups is 2. The van der Waals surface area contributed by atoms with Gasteiger partial charge in [-0.3, -0.25) is 14.5 Å². The van der Waals surface area contributed by atoms with Crippen molar-refractivity contribution in [2.75, 3.05) is 15.1 Å². The van der Waals surface area contributed by atoms with Crippen LogP contribution in [0.5, 0.6) is 0 Å². The van der Waals surface area contributed by atoms with Crippen LogP contribution in [0.4, 0.5) is 22.9 Å². The Morgan fingerprint density at radius 2 is 1.82 bits per heavy atom. The third-order valence-electron chi connectivity index (χ3n) is 6.39. The number of Topliss-reactive ketones (excluding diaryl/α,β-unsaturated/α-hetero) is 1. The Kier molecular flexibility index (Phi) is 8.33. The number of pyridine rings is 1. The predicted molar refractivity (Wildman–Crippen MR) is 133 cm³/mol. The number of nitrogens with two attached hydrogens (primary N) is 1. The topological polar surface area (TPSA) is 99.0 Å². The molecule has 1 aliphatic carbocycles. The van der Waals surface area contributed by atoms with Crippen molar-refractivity contribution in [1.82, 2.24) is 4.98 Å². The number of aromatic nitrogens is 1. The first kappa shape index (κ1) is 26.5. The zero-order valence-electron chi connectivity index (χ0n) is 20.1. The molecule has 8 heteroatoms. The van der Waals surface area contributed by atoms with Crippen molar-refractivity contribution in [3.63, 3.8) is 0 Å². The predicted octanol–water partition coefficient (Wildman–Crippen LogP) is 2.88. The molecule has 2 aliphatic rings. The standard InChI is InChI=1S/C26H26N4O2.K.H2N/c1-16(2)30-17(3)29(15-31)24-14-27-26(13-23(24)30)28-21-6-4-5-18(12-21)19-7-9-22-20(11-19)8-10-25(22)32;;/h4-7,9,11-17H,8,10H2,1-3H3,(H,27,28);;1H2/q;+1;-1. The van der Waals surface area contributed by atoms with E-state index in [1.54, 1.807) is 11.1 Å². The Balaban J connectivity index is 0.00000162. The SMILES string of the molecule is CC(C)N1c2cc(Nc3cccc(-c4ccc5c(c4)CCC5=O)c3)ncc2N(C=O)C1C.[K+].[NH2-]. The third-order valence-corrected chi connectivity index (χ3v) is 6.39. The molecule has 1 atom stereocenters. The van der Waals surface area contributed by atoms with Gasteiger partial charge in [0.1, 0.15) is 12.0 Å². The Morgan fingerprint density at radius 3 is 2.56 bits per heavy atom. The van der Waals surface area contributed by atoms with Crippen molar-refractivity contribution in [2.24, 2.45) is 0 Å². The van der Waals surface area contributed by atoms with Crippen molar-refractivity contribution in [2.45, 2.75) is 45.8 Å². The number of ketones is 1. The van der Waals surface area contributed by atoms with Crippen molar-refractivity contribution in [1.29, 1.82) is 0 Å². The summed E-state index contributed by atoms with van der Waals surface area (Å²) in [5.74, 6) is 0.966. The van der Waals surface area contributed by atoms with Gasteiger partial charge in [0.25, 0.3) is 0 Å². The van der Waals surface area contributed by atoms with Gasteiger partial charge in [-0.25, -0.2) is 4.98 Å². The second-order valence-electron chi connectivity index (χ2n) is 8.70. The van der Waals surface area contributed by atoms with Crippen LogP contribution in [-0.2, 0) is 11.2 Å². The molecular weight excluding hydrogens is 453 g/mol. The van der Waals surface area contributed by atoms with Crippen LogP contribution in [0.1, 0.15) is 43.1 Å². The van der Waals surface area contributed by atoms with Gasteiger partial charge in [0.15, 0.2) is 5.78 Å². The van der Waals surface area contributed by atoms with Crippen LogP contribution in [0.25, 0.3) is 17.3 Å². The van der Waals surface area contributed by atoms with Gasteiger partial charge in [-0.2, -0.15) is 0 Å². The molecule has 1 aliphatic heterocycles. The smallest absolute Gasteiger partial charge is 0.693 e. The summed E-state index contributed by atoms with van der Waals surface area (Å²) in [6.45, 7) is 6.26. The van der Waals surface area contributed by atoms with Crippen molar-refractivity contribution in [3.8, 4) is 11.1 Å². The second-order valence-corrected chi connectivity index (χ2v) is 8.70. The molecule has 7 nitrogen and oxygen atoms in total. The molecule has 0 fully saturated rings. The number of nitrogens with zero attached hydrogens (tertiary/aromatic N) is 3. The van der Waals surface area contributed by atoms with E-state index < -0.39 is 0 Å². The first-order valence-corrected chi connectivity index (χ1v) is 11.0. The second kappa shape index (κ2) is 10.7. The fourth-order valence-electron chi connectivity index (χ4n) is 4.86. The Hall–Kier alpha value is -2.07. The first-order chi connectivity index (χ1) is 15.5. The summed E-state index contributed by atoms with van der Waals surface area (Å²) in [5.41, 5.74) is 6.94. The molecular formula is C26H28KN5O2. The number of hydrogen-bond donors (Lipinski definition) is 1. The van der Waals surface area contributed by atoms with E-state index in [0.717, 1.165) is 58.0 Å². The molecule has 34 heavy (non-hydrogen) atoms. The molecule has 2 aromatic carbocycles. The Bertz CT molecular complexity index is 1230. The summed E-state index contributed by atoms with van der Waals surface area (Å²) < 4.78 is 0. The monoisotopic (exact) mass is 481 g/mol. The van der Waals surface area contributed by atoms with E-state index in [-0.39, 0.29) is 75.5 Å². The molecule has 0 bridgehead atoms. The molecule has 0 saturated heterocycles. The van der Waals surface area contributed by atoms with Gasteiger partial charge in [0.05, 0.1) is 17.6 Å². The molecule has 2 heterocycles. The van der Waals surface area contributed by atoms with Crippen LogP contribution in [0.3, 0.4) is 0 Å². The van der Waals surface area contributed by atoms with Crippen molar-refractivity contribution in [3.05, 3.63) is 72.0 Å². The largest absolute Gasteiger partial charge is 1.00 e. The number of anilines is 4. The maximum absolute atomic E-state index is 11.9. The Morgan fingerprint density at radius 1 is 1.06 bits per heavy atom. The minimum absolute atomic E-state index is 0. The molecule has 0 saturated carbocycles. The van der Waals surface area contributed by atoms with Crippen LogP contribution in [0, 0.1) is 0 Å². The quantitative estimate of drug-likeness (QED) is 0.446. The fraction of sp³-hybridized carbons (Fsp3) is 0.269. The third kappa shape index (κ3) is 4.71. The first-order valence-electron chi connectivity index (χ1n) is 11.0. The summed E-state index contributed by atoms with van der Waals surface area (Å²) in [5, 5.41) is 3.41. The molecule has 5 rings (SSSR count). The van der Waals surface area contributed by atoms with E-state index in [4.69, 9.17) is 0 Å². The molecule has 1 amide bonds. The number of amides is 1. The number of carbonyl (C=O) groups excluding carboxylic acids is 2. The number of nitrogens with one attached hydrogen (secondary N) is 1. The minimum Gasteiger partial charge on any atom is -0.693 e. The summed E-state index contributed by atoms with van der Waals surface area (Å²) in [7, 11) is 0. The summed E-state index contributed by atoms with van der Waals surface area (Å²) in [6.07, 6.45) is 4.01. The normalized spacial score (nSPS) is 16.0. The number of aryl methyl sites for hydroxylation is 1. The van der Waals surface area contributed by atoms with E-state index in [0.29, 0.717) is 6.42 Å². The summed E-state index contributed by atoms with van der Waals surface area (Å²) in [4.78, 5) is 32.0. The zero-order valence-corrected chi connectivity index (χ0v) is 23.2. The van der Waals surface area contributed by atoms with Gasteiger partial charge in [0, 0.05) is 29.8 Å². The fourth-order valence-corrected chi connectivity index (χ4v) is 4.86. The molecule has 1 aromatic heterocycles. The number of fused-ring (bicyclic) bond motifs is 2. The number of rotatable bonds is 5. The van der Waals surface area contributed by atoms with E-state index in [9.17, 15) is 9.59 Å². The molecule has 1 unspecified atom stereocenters. The van der Waals surface area contributed by atoms with Crippen molar-refractivity contribution < 1.29 is 61.0 Å². The van der Waals surface area contributed by atoms with Gasteiger partial charge < -0.3 is 16.4 Å². The van der Waals surface area contributed by atoms with E-state index in [2.05, 4.69) is 47.2 Å². The van der Waals surface area contributed by atoms with Crippen LogP contribution in [-0.4, -0.2) is 29.4 Å². The number of benzene rings is 2. The van der Waals surface area contributed by atoms with E-state index in [1.807, 2.05) is 37.3 Å². The zero-order chi connectivity index (χ0) is 22.4. The number of hydrogen-bond acceptors (Lipinski definition) is 5.